The Morgan fingerprint density at radius 1 is 1.22 bits per heavy atom. The Bertz CT molecular complexity index is 967. The first kappa shape index (κ1) is 15.6. The van der Waals surface area contributed by atoms with Crippen molar-refractivity contribution in [3.8, 4) is 0 Å². The second kappa shape index (κ2) is 5.13. The molecule has 23 heavy (non-hydrogen) atoms. The number of hydrogen-bond donors (Lipinski definition) is 2. The summed E-state index contributed by atoms with van der Waals surface area (Å²) >= 11 is 0. The molecule has 0 aliphatic rings. The molecule has 0 atom stereocenters. The van der Waals surface area contributed by atoms with Crippen molar-refractivity contribution in [3.63, 3.8) is 0 Å². The third-order valence-electron chi connectivity index (χ3n) is 4.09. The summed E-state index contributed by atoms with van der Waals surface area (Å²) in [5.74, 6) is 0. The average molecular weight is 324 g/mol. The third-order valence-corrected chi connectivity index (χ3v) is 4.09. The number of fused-ring (bicyclic) bond motifs is 3. The lowest BCUT2D eigenvalue weighted by Crippen LogP contribution is -2.19. The Morgan fingerprint density at radius 3 is 2.52 bits per heavy atom. The van der Waals surface area contributed by atoms with Crippen molar-refractivity contribution >= 4 is 21.8 Å². The van der Waals surface area contributed by atoms with Crippen LogP contribution in [0, 0.1) is 13.8 Å². The van der Waals surface area contributed by atoms with E-state index in [1.54, 1.807) is 26.0 Å². The molecule has 0 spiro atoms. The molecule has 0 unspecified atom stereocenters. The zero-order valence-corrected chi connectivity index (χ0v) is 12.6. The monoisotopic (exact) mass is 324 g/mol. The minimum atomic E-state index is -4.39. The average Bonchev–Trinajstić information content (AvgIpc) is 2.68. The predicted octanol–water partition coefficient (Wildman–Crippen LogP) is 3.15. The second-order valence-electron chi connectivity index (χ2n) is 5.63. The van der Waals surface area contributed by atoms with Gasteiger partial charge in [-0.15, -0.1) is 0 Å². The summed E-state index contributed by atoms with van der Waals surface area (Å²) in [6.45, 7) is 1.78. The molecule has 2 aromatic heterocycles. The highest BCUT2D eigenvalue weighted by Gasteiger charge is 2.31. The van der Waals surface area contributed by atoms with Crippen LogP contribution >= 0.6 is 0 Å². The highest BCUT2D eigenvalue weighted by atomic mass is 19.4. The van der Waals surface area contributed by atoms with Crippen LogP contribution in [-0.2, 0) is 13.2 Å². The fourth-order valence-electron chi connectivity index (χ4n) is 3.20. The highest BCUT2D eigenvalue weighted by molar-refractivity contribution is 6.09. The number of nitrogens with one attached hydrogen (secondary N) is 1. The van der Waals surface area contributed by atoms with Crippen molar-refractivity contribution in [3.05, 3.63) is 45.4 Å². The number of rotatable bonds is 2. The molecule has 2 heterocycles. The minimum absolute atomic E-state index is 0.232. The molecule has 7 heteroatoms. The van der Waals surface area contributed by atoms with Crippen molar-refractivity contribution in [1.29, 1.82) is 0 Å². The maximum Gasteiger partial charge on any atom is 0.406 e. The van der Waals surface area contributed by atoms with E-state index in [1.165, 1.54) is 6.07 Å². The number of alkyl halides is 3. The fourth-order valence-corrected chi connectivity index (χ4v) is 3.20. The first-order chi connectivity index (χ1) is 10.7. The lowest BCUT2D eigenvalue weighted by atomic mass is 10.0. The molecule has 3 rings (SSSR count). The summed E-state index contributed by atoms with van der Waals surface area (Å²) < 4.78 is 39.8. The maximum atomic E-state index is 12.9. The lowest BCUT2D eigenvalue weighted by molar-refractivity contribution is -0.140. The molecule has 3 aromatic rings. The van der Waals surface area contributed by atoms with Crippen LogP contribution in [0.25, 0.3) is 21.8 Å². The van der Waals surface area contributed by atoms with E-state index in [2.05, 4.69) is 4.98 Å². The number of aromatic nitrogens is 2. The first-order valence-corrected chi connectivity index (χ1v) is 7.05. The summed E-state index contributed by atoms with van der Waals surface area (Å²) in [4.78, 5) is 14.3. The van der Waals surface area contributed by atoms with Gasteiger partial charge in [-0.25, -0.2) is 0 Å². The topological polar surface area (TPSA) is 58.0 Å². The number of H-pyrrole nitrogens is 1. The van der Waals surface area contributed by atoms with Crippen LogP contribution in [0.4, 0.5) is 13.2 Å². The molecule has 0 saturated carbocycles. The minimum Gasteiger partial charge on any atom is -0.390 e. The van der Waals surface area contributed by atoms with Crippen molar-refractivity contribution in [1.82, 2.24) is 9.55 Å². The number of aryl methyl sites for hydroxylation is 2. The molecule has 1 aromatic carbocycles. The van der Waals surface area contributed by atoms with Gasteiger partial charge in [0.15, 0.2) is 0 Å². The summed E-state index contributed by atoms with van der Waals surface area (Å²) in [6, 6.07) is 4.56. The number of aliphatic hydroxyl groups excluding tert-OH is 1. The Balaban J connectivity index is 2.47. The van der Waals surface area contributed by atoms with Gasteiger partial charge in [0, 0.05) is 33.6 Å². The van der Waals surface area contributed by atoms with Crippen LogP contribution in [0.2, 0.25) is 0 Å². The number of hydrogen-bond acceptors (Lipinski definition) is 2. The van der Waals surface area contributed by atoms with Gasteiger partial charge in [0.1, 0.15) is 6.54 Å². The molecular formula is C16H15F3N2O2. The zero-order chi connectivity index (χ0) is 16.9. The van der Waals surface area contributed by atoms with Crippen molar-refractivity contribution < 1.29 is 18.3 Å². The SMILES string of the molecule is Cc1cc(=O)[nH]c2ccc3c(c(C)c(CO)n3CC(F)(F)F)c12. The standard InChI is InChI=1S/C16H15F3N2O2/c1-8-5-13(23)20-10-3-4-11-15(14(8)10)9(2)12(6-22)21(11)7-16(17,18)19/h3-5,22H,6-7H2,1-2H3,(H,20,23). The van der Waals surface area contributed by atoms with Crippen molar-refractivity contribution in [2.45, 2.75) is 33.2 Å². The van der Waals surface area contributed by atoms with E-state index in [-0.39, 0.29) is 11.3 Å². The van der Waals surface area contributed by atoms with Crippen LogP contribution in [0.3, 0.4) is 0 Å². The smallest absolute Gasteiger partial charge is 0.390 e. The van der Waals surface area contributed by atoms with Gasteiger partial charge in [-0.1, -0.05) is 0 Å². The van der Waals surface area contributed by atoms with Gasteiger partial charge in [0.25, 0.3) is 0 Å². The van der Waals surface area contributed by atoms with Crippen molar-refractivity contribution in [2.24, 2.45) is 0 Å². The van der Waals surface area contributed by atoms with Gasteiger partial charge in [0.05, 0.1) is 6.61 Å². The van der Waals surface area contributed by atoms with E-state index in [9.17, 15) is 23.1 Å². The Labute approximate surface area is 129 Å². The third kappa shape index (κ3) is 2.50. The number of aliphatic hydroxyl groups is 1. The second-order valence-corrected chi connectivity index (χ2v) is 5.63. The zero-order valence-electron chi connectivity index (χ0n) is 12.6. The molecule has 0 radical (unpaired) electrons. The number of nitrogens with zero attached hydrogens (tertiary/aromatic N) is 1. The normalized spacial score (nSPS) is 12.4. The number of aromatic amines is 1. The lowest BCUT2D eigenvalue weighted by Gasteiger charge is -2.12. The van der Waals surface area contributed by atoms with Crippen molar-refractivity contribution in [2.75, 3.05) is 0 Å². The molecule has 0 aliphatic heterocycles. The van der Waals surface area contributed by atoms with E-state index < -0.39 is 19.3 Å². The van der Waals surface area contributed by atoms with Crippen LogP contribution in [-0.4, -0.2) is 20.8 Å². The fraction of sp³-hybridized carbons (Fsp3) is 0.312. The van der Waals surface area contributed by atoms with Gasteiger partial charge in [-0.3, -0.25) is 4.79 Å². The van der Waals surface area contributed by atoms with Gasteiger partial charge >= 0.3 is 6.18 Å². The van der Waals surface area contributed by atoms with Crippen LogP contribution in [0.15, 0.2) is 23.0 Å². The first-order valence-electron chi connectivity index (χ1n) is 7.05. The number of halogens is 3. The molecule has 0 aliphatic carbocycles. The maximum absolute atomic E-state index is 12.9. The van der Waals surface area contributed by atoms with Crippen LogP contribution < -0.4 is 5.56 Å². The van der Waals surface area contributed by atoms with Gasteiger partial charge in [-0.05, 0) is 37.1 Å². The molecule has 122 valence electrons. The van der Waals surface area contributed by atoms with E-state index >= 15 is 0 Å². The van der Waals surface area contributed by atoms with Crippen LogP contribution in [0.5, 0.6) is 0 Å². The van der Waals surface area contributed by atoms with Gasteiger partial charge in [0.2, 0.25) is 5.56 Å². The molecule has 4 nitrogen and oxygen atoms in total. The molecular weight excluding hydrogens is 309 g/mol. The highest BCUT2D eigenvalue weighted by Crippen LogP contribution is 2.34. The summed E-state index contributed by atoms with van der Waals surface area (Å²) in [6.07, 6.45) is -4.39. The summed E-state index contributed by atoms with van der Waals surface area (Å²) in [7, 11) is 0. The Morgan fingerprint density at radius 2 is 1.91 bits per heavy atom. The Kier molecular flexibility index (Phi) is 3.48. The molecule has 0 saturated heterocycles. The molecule has 0 bridgehead atoms. The van der Waals surface area contributed by atoms with E-state index in [4.69, 9.17) is 0 Å². The molecule has 0 amide bonds. The van der Waals surface area contributed by atoms with Gasteiger partial charge in [-0.2, -0.15) is 13.2 Å². The van der Waals surface area contributed by atoms with E-state index in [1.807, 2.05) is 0 Å². The number of pyridine rings is 1. The van der Waals surface area contributed by atoms with Gasteiger partial charge < -0.3 is 14.7 Å². The van der Waals surface area contributed by atoms with E-state index in [0.29, 0.717) is 32.9 Å². The molecule has 0 fully saturated rings. The Hall–Kier alpha value is -2.28. The van der Waals surface area contributed by atoms with Crippen LogP contribution in [0.1, 0.15) is 16.8 Å². The van der Waals surface area contributed by atoms with E-state index in [0.717, 1.165) is 4.57 Å². The quantitative estimate of drug-likeness (QED) is 0.761. The summed E-state index contributed by atoms with van der Waals surface area (Å²) in [5.41, 5.74) is 2.21. The predicted molar refractivity (Wildman–Crippen MR) is 81.5 cm³/mol. The summed E-state index contributed by atoms with van der Waals surface area (Å²) in [5, 5.41) is 10.9. The molecule has 2 N–H and O–H groups in total. The number of benzene rings is 1. The largest absolute Gasteiger partial charge is 0.406 e.